The largest absolute Gasteiger partial charge is 0.399 e. The summed E-state index contributed by atoms with van der Waals surface area (Å²) in [7, 11) is -3.31. The molecule has 2 rings (SSSR count). The molecule has 0 spiro atoms. The third-order valence-corrected chi connectivity index (χ3v) is 5.38. The molecule has 1 aliphatic carbocycles. The van der Waals surface area contributed by atoms with Gasteiger partial charge in [0.1, 0.15) is 0 Å². The number of hydrogen-bond donors (Lipinski definition) is 2. The third-order valence-electron chi connectivity index (χ3n) is 4.00. The minimum Gasteiger partial charge on any atom is -0.399 e. The number of nitrogens with two attached hydrogens (primary N) is 1. The number of anilines is 1. The van der Waals surface area contributed by atoms with E-state index in [4.69, 9.17) is 5.73 Å². The molecule has 0 aliphatic heterocycles. The quantitative estimate of drug-likeness (QED) is 0.663. The predicted molar refractivity (Wildman–Crippen MR) is 82.7 cm³/mol. The Kier molecular flexibility index (Phi) is 5.05. The van der Waals surface area contributed by atoms with E-state index in [-0.39, 0.29) is 11.8 Å². The number of nitrogen functional groups attached to an aromatic ring is 1. The smallest absolute Gasteiger partial charge is 0.216 e. The van der Waals surface area contributed by atoms with E-state index >= 15 is 0 Å². The van der Waals surface area contributed by atoms with Gasteiger partial charge >= 0.3 is 0 Å². The topological polar surface area (TPSA) is 72.2 Å². The summed E-state index contributed by atoms with van der Waals surface area (Å²) in [5.41, 5.74) is 7.02. The Morgan fingerprint density at radius 1 is 1.25 bits per heavy atom. The van der Waals surface area contributed by atoms with Crippen molar-refractivity contribution >= 4 is 15.7 Å². The Morgan fingerprint density at radius 2 is 2.00 bits per heavy atom. The number of hydrogen-bond acceptors (Lipinski definition) is 3. The lowest BCUT2D eigenvalue weighted by Crippen LogP contribution is -2.39. The molecule has 5 heteroatoms. The average molecular weight is 296 g/mol. The summed E-state index contributed by atoms with van der Waals surface area (Å²) in [5, 5.41) is 0. The SMILES string of the molecule is CC1CCCCCC1NS(=O)(=O)Cc1cccc(N)c1. The van der Waals surface area contributed by atoms with Gasteiger partial charge < -0.3 is 5.73 Å². The van der Waals surface area contributed by atoms with Gasteiger partial charge in [0.2, 0.25) is 10.0 Å². The molecular weight excluding hydrogens is 272 g/mol. The lowest BCUT2D eigenvalue weighted by molar-refractivity contribution is 0.399. The molecule has 1 aromatic carbocycles. The van der Waals surface area contributed by atoms with Crippen LogP contribution in [0.1, 0.15) is 44.6 Å². The maximum atomic E-state index is 12.3. The van der Waals surface area contributed by atoms with E-state index in [1.807, 2.05) is 0 Å². The van der Waals surface area contributed by atoms with Gasteiger partial charge in [0, 0.05) is 11.7 Å². The number of benzene rings is 1. The van der Waals surface area contributed by atoms with E-state index in [0.29, 0.717) is 11.6 Å². The van der Waals surface area contributed by atoms with Crippen LogP contribution in [-0.2, 0) is 15.8 Å². The van der Waals surface area contributed by atoms with Crippen LogP contribution in [0.25, 0.3) is 0 Å². The fourth-order valence-corrected chi connectivity index (χ4v) is 4.36. The van der Waals surface area contributed by atoms with Crippen molar-refractivity contribution < 1.29 is 8.42 Å². The van der Waals surface area contributed by atoms with Gasteiger partial charge in [-0.2, -0.15) is 0 Å². The van der Waals surface area contributed by atoms with E-state index in [9.17, 15) is 8.42 Å². The van der Waals surface area contributed by atoms with Gasteiger partial charge in [-0.15, -0.1) is 0 Å². The Labute approximate surface area is 121 Å². The fraction of sp³-hybridized carbons (Fsp3) is 0.600. The van der Waals surface area contributed by atoms with Crippen LogP contribution in [0.4, 0.5) is 5.69 Å². The molecule has 2 atom stereocenters. The molecule has 0 radical (unpaired) electrons. The van der Waals surface area contributed by atoms with Crippen molar-refractivity contribution in [1.29, 1.82) is 0 Å². The van der Waals surface area contributed by atoms with Gasteiger partial charge in [0.05, 0.1) is 5.75 Å². The first kappa shape index (κ1) is 15.3. The van der Waals surface area contributed by atoms with Crippen LogP contribution in [0.3, 0.4) is 0 Å². The highest BCUT2D eigenvalue weighted by Gasteiger charge is 2.24. The summed E-state index contributed by atoms with van der Waals surface area (Å²) < 4.78 is 27.5. The molecule has 4 nitrogen and oxygen atoms in total. The standard InChI is InChI=1S/C15H24N2O2S/c1-12-6-3-2-4-9-15(12)17-20(18,19)11-13-7-5-8-14(16)10-13/h5,7-8,10,12,15,17H,2-4,6,9,11,16H2,1H3. The zero-order chi connectivity index (χ0) is 14.6. The van der Waals surface area contributed by atoms with E-state index < -0.39 is 10.0 Å². The number of rotatable bonds is 4. The summed E-state index contributed by atoms with van der Waals surface area (Å²) in [6, 6.07) is 7.14. The van der Waals surface area contributed by atoms with Crippen molar-refractivity contribution in [2.75, 3.05) is 5.73 Å². The van der Waals surface area contributed by atoms with E-state index in [0.717, 1.165) is 24.8 Å². The summed E-state index contributed by atoms with van der Waals surface area (Å²) >= 11 is 0. The first-order valence-electron chi connectivity index (χ1n) is 7.31. The van der Waals surface area contributed by atoms with Gasteiger partial charge in [0.25, 0.3) is 0 Å². The predicted octanol–water partition coefficient (Wildman–Crippen LogP) is 2.66. The second kappa shape index (κ2) is 6.59. The molecule has 1 aliphatic rings. The van der Waals surface area contributed by atoms with Gasteiger partial charge in [-0.05, 0) is 36.5 Å². The molecule has 1 fully saturated rings. The molecule has 20 heavy (non-hydrogen) atoms. The maximum Gasteiger partial charge on any atom is 0.216 e. The van der Waals surface area contributed by atoms with Crippen LogP contribution in [0.15, 0.2) is 24.3 Å². The van der Waals surface area contributed by atoms with Crippen molar-refractivity contribution in [3.05, 3.63) is 29.8 Å². The summed E-state index contributed by atoms with van der Waals surface area (Å²) in [5.74, 6) is 0.412. The Balaban J connectivity index is 2.03. The molecule has 1 aromatic rings. The van der Waals surface area contributed by atoms with Crippen molar-refractivity contribution in [3.63, 3.8) is 0 Å². The highest BCUT2D eigenvalue weighted by atomic mass is 32.2. The van der Waals surface area contributed by atoms with E-state index in [2.05, 4.69) is 11.6 Å². The Bertz CT molecular complexity index is 543. The molecular formula is C15H24N2O2S. The first-order chi connectivity index (χ1) is 9.46. The Hall–Kier alpha value is -1.07. The molecule has 0 aromatic heterocycles. The molecule has 1 saturated carbocycles. The Morgan fingerprint density at radius 3 is 2.75 bits per heavy atom. The van der Waals surface area contributed by atoms with Crippen molar-refractivity contribution in [1.82, 2.24) is 4.72 Å². The molecule has 0 amide bonds. The minimum atomic E-state index is -3.31. The van der Waals surface area contributed by atoms with Crippen LogP contribution in [0.2, 0.25) is 0 Å². The molecule has 0 saturated heterocycles. The second-order valence-corrected chi connectivity index (χ2v) is 7.60. The molecule has 3 N–H and O–H groups in total. The summed E-state index contributed by atoms with van der Waals surface area (Å²) in [4.78, 5) is 0. The average Bonchev–Trinajstić information content (AvgIpc) is 2.54. The van der Waals surface area contributed by atoms with Crippen molar-refractivity contribution in [2.45, 2.75) is 50.8 Å². The van der Waals surface area contributed by atoms with E-state index in [1.165, 1.54) is 12.8 Å². The first-order valence-corrected chi connectivity index (χ1v) is 8.96. The van der Waals surface area contributed by atoms with E-state index in [1.54, 1.807) is 24.3 Å². The summed E-state index contributed by atoms with van der Waals surface area (Å²) in [6.07, 6.45) is 5.56. The second-order valence-electron chi connectivity index (χ2n) is 5.84. The normalized spacial score (nSPS) is 24.2. The minimum absolute atomic E-state index is 0.00125. The highest BCUT2D eigenvalue weighted by Crippen LogP contribution is 2.24. The third kappa shape index (κ3) is 4.49. The molecule has 0 bridgehead atoms. The fourth-order valence-electron chi connectivity index (χ4n) is 2.84. The zero-order valence-corrected chi connectivity index (χ0v) is 12.8. The monoisotopic (exact) mass is 296 g/mol. The van der Waals surface area contributed by atoms with Crippen LogP contribution in [0.5, 0.6) is 0 Å². The number of sulfonamides is 1. The van der Waals surface area contributed by atoms with Crippen LogP contribution < -0.4 is 10.5 Å². The van der Waals surface area contributed by atoms with Crippen LogP contribution in [0, 0.1) is 5.92 Å². The van der Waals surface area contributed by atoms with Crippen LogP contribution in [-0.4, -0.2) is 14.5 Å². The zero-order valence-electron chi connectivity index (χ0n) is 12.0. The van der Waals surface area contributed by atoms with Crippen LogP contribution >= 0.6 is 0 Å². The molecule has 112 valence electrons. The molecule has 2 unspecified atom stereocenters. The van der Waals surface area contributed by atoms with Gasteiger partial charge in [-0.1, -0.05) is 38.3 Å². The van der Waals surface area contributed by atoms with Gasteiger partial charge in [-0.25, -0.2) is 13.1 Å². The van der Waals surface area contributed by atoms with Gasteiger partial charge in [0.15, 0.2) is 0 Å². The van der Waals surface area contributed by atoms with Crippen molar-refractivity contribution in [3.8, 4) is 0 Å². The maximum absolute atomic E-state index is 12.3. The van der Waals surface area contributed by atoms with Crippen molar-refractivity contribution in [2.24, 2.45) is 5.92 Å². The number of nitrogens with one attached hydrogen (secondary N) is 1. The highest BCUT2D eigenvalue weighted by molar-refractivity contribution is 7.88. The van der Waals surface area contributed by atoms with Gasteiger partial charge in [-0.3, -0.25) is 0 Å². The lowest BCUT2D eigenvalue weighted by atomic mass is 9.98. The lowest BCUT2D eigenvalue weighted by Gasteiger charge is -2.22. The summed E-state index contributed by atoms with van der Waals surface area (Å²) in [6.45, 7) is 2.14. The molecule has 0 heterocycles.